The van der Waals surface area contributed by atoms with Crippen molar-refractivity contribution in [3.05, 3.63) is 86.5 Å². The number of carbonyl (C=O) groups is 1. The van der Waals surface area contributed by atoms with E-state index in [4.69, 9.17) is 0 Å². The molecule has 0 N–H and O–H groups in total. The van der Waals surface area contributed by atoms with Crippen molar-refractivity contribution >= 4 is 16.3 Å². The van der Waals surface area contributed by atoms with Crippen LogP contribution in [0.5, 0.6) is 0 Å². The highest BCUT2D eigenvalue weighted by molar-refractivity contribution is 8.30. The summed E-state index contributed by atoms with van der Waals surface area (Å²) in [4.78, 5) is 23.2. The minimum absolute atomic E-state index is 0.327. The Kier molecular flexibility index (Phi) is 18.7. The van der Waals surface area contributed by atoms with Crippen LogP contribution in [0.25, 0.3) is 0 Å². The number of carbonyl (C=O) groups excluding carboxylic acids is 1. The van der Waals surface area contributed by atoms with Gasteiger partial charge >= 0.3 is 5.97 Å². The normalized spacial score (nSPS) is 30.0. The monoisotopic (exact) mass is 1180 g/mol. The second kappa shape index (κ2) is 27.0. The lowest BCUT2D eigenvalue weighted by atomic mass is 9.49. The molecule has 16 rings (SSSR count). The van der Waals surface area contributed by atoms with Crippen molar-refractivity contribution in [2.24, 2.45) is 23.2 Å². The van der Waals surface area contributed by atoms with Crippen LogP contribution in [0.1, 0.15) is 431 Å². The zero-order valence-corrected chi connectivity index (χ0v) is 55.5. The van der Waals surface area contributed by atoms with Crippen LogP contribution in [0.3, 0.4) is 0 Å². The minimum Gasteiger partial charge on any atom is -0.401 e. The van der Waals surface area contributed by atoms with E-state index in [-0.39, 0.29) is 5.41 Å². The molecule has 3 aromatic carbocycles. The predicted octanol–water partition coefficient (Wildman–Crippen LogP) is 26.1. The van der Waals surface area contributed by atoms with Crippen LogP contribution in [0.15, 0.2) is 51.1 Å². The first-order chi connectivity index (χ1) is 42.5. The molecule has 0 amide bonds. The maximum absolute atomic E-state index is 18.1. The third kappa shape index (κ3) is 12.0. The quantitative estimate of drug-likeness (QED) is 0.161. The van der Waals surface area contributed by atoms with Gasteiger partial charge in [-0.15, -0.1) is 0 Å². The van der Waals surface area contributed by atoms with Gasteiger partial charge in [-0.25, -0.2) is 0 Å². The second-order valence-electron chi connectivity index (χ2n) is 33.2. The molecule has 3 heteroatoms. The SMILES string of the molecule is O=C(OS(c1c(C2CCCCC2)cc(C2CCCCC2)cc1C1CCCCC1)(c1c(C2CCCCC2)cc(C2CCCCC2)cc1C1CCCCC1)c1c(C2CCCCC2)cc(C2CCCCC2)cc1C1CCCCC1)C12CC3CC(CC(C3)C1)C2. The van der Waals surface area contributed by atoms with Gasteiger partial charge in [0.05, 0.1) is 5.41 Å². The third-order valence-corrected chi connectivity index (χ3v) is 31.1. The first-order valence-corrected chi connectivity index (χ1v) is 40.6. The molecule has 0 heterocycles. The zero-order valence-electron chi connectivity index (χ0n) is 54.7. The summed E-state index contributed by atoms with van der Waals surface area (Å²) in [5, 5.41) is 0. The lowest BCUT2D eigenvalue weighted by molar-refractivity contribution is -0.160. The smallest absolute Gasteiger partial charge is 0.323 e. The van der Waals surface area contributed by atoms with Gasteiger partial charge in [-0.1, -0.05) is 210 Å². The fraction of sp³-hybridized carbons (Fsp3) is 0.771. The molecular formula is C83H120O2S. The molecule has 13 fully saturated rings. The van der Waals surface area contributed by atoms with Gasteiger partial charge in [0.1, 0.15) is 0 Å². The first kappa shape index (κ1) is 59.8. The second-order valence-corrected chi connectivity index (χ2v) is 35.7. The van der Waals surface area contributed by atoms with Crippen molar-refractivity contribution in [1.82, 2.24) is 0 Å². The van der Waals surface area contributed by atoms with Gasteiger partial charge in [-0.3, -0.25) is 4.79 Å². The predicted molar refractivity (Wildman–Crippen MR) is 361 cm³/mol. The number of hydrogen-bond donors (Lipinski definition) is 0. The summed E-state index contributed by atoms with van der Waals surface area (Å²) in [5.41, 5.74) is 15.3. The molecule has 4 bridgehead atoms. The molecule has 0 aliphatic heterocycles. The lowest BCUT2D eigenvalue weighted by Crippen LogP contribution is -2.50. The van der Waals surface area contributed by atoms with Crippen molar-refractivity contribution < 1.29 is 8.98 Å². The average molecular weight is 1180 g/mol. The fourth-order valence-electron chi connectivity index (χ4n) is 23.4. The number of hydrogen-bond acceptors (Lipinski definition) is 2. The van der Waals surface area contributed by atoms with Crippen molar-refractivity contribution in [2.45, 2.75) is 395 Å². The van der Waals surface area contributed by atoms with E-state index in [1.807, 2.05) is 0 Å². The summed E-state index contributed by atoms with van der Waals surface area (Å²) < 4.78 is 9.47. The minimum atomic E-state index is -2.80. The van der Waals surface area contributed by atoms with Gasteiger partial charge < -0.3 is 4.18 Å². The Balaban J connectivity index is 1.14. The van der Waals surface area contributed by atoms with Crippen molar-refractivity contribution in [3.8, 4) is 0 Å². The van der Waals surface area contributed by atoms with Gasteiger partial charge in [0.2, 0.25) is 0 Å². The Morgan fingerprint density at radius 1 is 0.279 bits per heavy atom. The summed E-state index contributed by atoms with van der Waals surface area (Å²) >= 11 is 0. The first-order valence-electron chi connectivity index (χ1n) is 39.1. The maximum Gasteiger partial charge on any atom is 0.323 e. The van der Waals surface area contributed by atoms with Gasteiger partial charge in [0, 0.05) is 14.7 Å². The van der Waals surface area contributed by atoms with Gasteiger partial charge in [0.15, 0.2) is 0 Å². The highest BCUT2D eigenvalue weighted by Gasteiger charge is 2.59. The number of rotatable bonds is 14. The molecule has 13 saturated carbocycles. The van der Waals surface area contributed by atoms with E-state index in [1.165, 1.54) is 308 Å². The third-order valence-electron chi connectivity index (χ3n) is 27.5. The van der Waals surface area contributed by atoms with Gasteiger partial charge in [0.25, 0.3) is 0 Å². The molecule has 0 spiro atoms. The molecule has 0 radical (unpaired) electrons. The van der Waals surface area contributed by atoms with Crippen LogP contribution in [-0.4, -0.2) is 5.97 Å². The van der Waals surface area contributed by atoms with Crippen molar-refractivity contribution in [3.63, 3.8) is 0 Å². The van der Waals surface area contributed by atoms with Crippen LogP contribution in [0, 0.1) is 23.2 Å². The van der Waals surface area contributed by atoms with Crippen LogP contribution in [-0.2, 0) is 8.98 Å². The molecule has 470 valence electrons. The van der Waals surface area contributed by atoms with Crippen LogP contribution in [0.4, 0.5) is 0 Å². The summed E-state index contributed by atoms with van der Waals surface area (Å²) in [6, 6.07) is 18.0. The topological polar surface area (TPSA) is 26.3 Å². The van der Waals surface area contributed by atoms with E-state index in [0.29, 0.717) is 77.0 Å². The maximum atomic E-state index is 18.1. The van der Waals surface area contributed by atoms with E-state index >= 15 is 4.79 Å². The van der Waals surface area contributed by atoms with E-state index in [0.717, 1.165) is 19.3 Å². The average Bonchev–Trinajstić information content (AvgIpc) is 0.864. The van der Waals surface area contributed by atoms with E-state index in [2.05, 4.69) is 36.4 Å². The van der Waals surface area contributed by atoms with E-state index < -0.39 is 10.3 Å². The molecule has 13 aliphatic carbocycles. The Bertz CT molecular complexity index is 2360. The molecule has 13 aliphatic rings. The summed E-state index contributed by atoms with van der Waals surface area (Å²) in [7, 11) is -2.80. The molecule has 0 saturated heterocycles. The Hall–Kier alpha value is -2.52. The van der Waals surface area contributed by atoms with Crippen molar-refractivity contribution in [2.75, 3.05) is 0 Å². The fourth-order valence-corrected chi connectivity index (χ4v) is 28.0. The molecular weight excluding hydrogens is 1060 g/mol. The molecule has 2 nitrogen and oxygen atoms in total. The largest absolute Gasteiger partial charge is 0.401 e. The van der Waals surface area contributed by atoms with Crippen LogP contribution in [0.2, 0.25) is 0 Å². The highest BCUT2D eigenvalue weighted by Crippen LogP contribution is 2.79. The molecule has 3 aromatic rings. The van der Waals surface area contributed by atoms with Crippen LogP contribution >= 0.6 is 10.3 Å². The number of benzene rings is 3. The Morgan fingerprint density at radius 3 is 0.663 bits per heavy atom. The Labute approximate surface area is 527 Å². The summed E-state index contributed by atoms with van der Waals surface area (Å²) in [5.74, 6) is 7.47. The van der Waals surface area contributed by atoms with E-state index in [9.17, 15) is 4.18 Å². The van der Waals surface area contributed by atoms with Crippen molar-refractivity contribution in [1.29, 1.82) is 0 Å². The zero-order chi connectivity index (χ0) is 57.4. The summed E-state index contributed by atoms with van der Waals surface area (Å²) in [6.07, 6.45) is 68.1. The molecule has 0 aromatic heterocycles. The van der Waals surface area contributed by atoms with Crippen LogP contribution < -0.4 is 0 Å². The highest BCUT2D eigenvalue weighted by atomic mass is 32.3. The standard InChI is InChI=1S/C83H120O2S/c84-82(83-55-58-46-59(56-83)48-60(47-58)57-83)85-86(79-73(64-34-16-4-17-35-64)49-70(61-28-10-1-11-29-61)50-74(79)65-36-18-5-19-37-65,80-75(66-38-20-6-21-39-66)51-71(62-30-12-2-13-31-62)52-76(80)67-40-22-7-23-41-67)81-77(68-42-24-8-25-43-68)53-72(63-32-14-3-15-33-63)54-78(81)69-44-26-9-27-45-69/h49-54,58-69H,1-48,55-57H2. The Morgan fingerprint density at radius 2 is 0.465 bits per heavy atom. The van der Waals surface area contributed by atoms with Gasteiger partial charge in [-0.05, 0) is 285 Å². The summed E-state index contributed by atoms with van der Waals surface area (Å²) in [6.45, 7) is 0. The molecule has 86 heavy (non-hydrogen) atoms. The van der Waals surface area contributed by atoms with E-state index in [1.54, 1.807) is 64.8 Å². The lowest BCUT2D eigenvalue weighted by Gasteiger charge is -2.57. The van der Waals surface area contributed by atoms with Gasteiger partial charge in [-0.2, -0.15) is 0 Å². The molecule has 0 unspecified atom stereocenters. The molecule has 0 atom stereocenters.